The van der Waals surface area contributed by atoms with E-state index in [1.165, 1.54) is 0 Å². The van der Waals surface area contributed by atoms with E-state index < -0.39 is 5.91 Å². The number of carbonyl (C=O) groups excluding carboxylic acids is 1. The highest BCUT2D eigenvalue weighted by molar-refractivity contribution is 6.10. The van der Waals surface area contributed by atoms with Gasteiger partial charge in [-0.15, -0.1) is 0 Å². The normalized spacial score (nSPS) is 16.3. The Morgan fingerprint density at radius 3 is 2.92 bits per heavy atom. The van der Waals surface area contributed by atoms with E-state index in [1.54, 1.807) is 6.20 Å². The number of fused-ring (bicyclic) bond motifs is 3. The molecule has 4 N–H and O–H groups in total. The number of nitriles is 1. The minimum Gasteiger partial charge on any atom is -0.364 e. The van der Waals surface area contributed by atoms with E-state index in [-0.39, 0.29) is 5.69 Å². The molecule has 3 aromatic rings. The first-order valence-electron chi connectivity index (χ1n) is 8.90. The number of amides is 1. The summed E-state index contributed by atoms with van der Waals surface area (Å²) in [5, 5.41) is 9.59. The van der Waals surface area contributed by atoms with Gasteiger partial charge in [0.05, 0.1) is 11.6 Å². The zero-order valence-electron chi connectivity index (χ0n) is 14.5. The number of H-pyrrole nitrogens is 2. The van der Waals surface area contributed by atoms with Crippen molar-refractivity contribution in [2.45, 2.75) is 25.7 Å². The molecular weight excluding hydrogens is 330 g/mol. The van der Waals surface area contributed by atoms with Crippen LogP contribution in [0.2, 0.25) is 0 Å². The van der Waals surface area contributed by atoms with Crippen LogP contribution in [0, 0.1) is 17.2 Å². The Hall–Kier alpha value is -2.92. The van der Waals surface area contributed by atoms with E-state index in [2.05, 4.69) is 25.9 Å². The van der Waals surface area contributed by atoms with Crippen molar-refractivity contribution in [1.82, 2.24) is 24.8 Å². The van der Waals surface area contributed by atoms with Gasteiger partial charge in [0.1, 0.15) is 17.0 Å². The van der Waals surface area contributed by atoms with Crippen molar-refractivity contribution in [2.24, 2.45) is 11.7 Å². The minimum absolute atomic E-state index is 0.222. The molecule has 3 aromatic heterocycles. The van der Waals surface area contributed by atoms with E-state index in [1.807, 2.05) is 6.07 Å². The standard InChI is InChI=1S/C18H21N7O/c19-5-1-7-25-8-3-11(4-9-25)10-13-22-14-12-2-6-21-18(12)24-16(17(20)26)15(14)23-13/h2,6,11H,1,3-4,7-10H2,(H2,20,26)(H,21,24)(H,22,23). The van der Waals surface area contributed by atoms with Gasteiger partial charge in [-0.2, -0.15) is 5.26 Å². The van der Waals surface area contributed by atoms with E-state index in [0.717, 1.165) is 55.6 Å². The summed E-state index contributed by atoms with van der Waals surface area (Å²) in [6, 6.07) is 4.12. The van der Waals surface area contributed by atoms with Crippen molar-refractivity contribution >= 4 is 28.0 Å². The molecule has 4 heterocycles. The number of aromatic amines is 2. The van der Waals surface area contributed by atoms with Crippen molar-refractivity contribution < 1.29 is 4.79 Å². The fourth-order valence-corrected chi connectivity index (χ4v) is 3.77. The molecule has 0 saturated carbocycles. The molecule has 0 atom stereocenters. The van der Waals surface area contributed by atoms with Crippen molar-refractivity contribution in [3.05, 3.63) is 23.8 Å². The number of nitrogens with two attached hydrogens (primary N) is 1. The molecule has 1 aliphatic rings. The predicted molar refractivity (Wildman–Crippen MR) is 97.4 cm³/mol. The molecular formula is C18H21N7O. The van der Waals surface area contributed by atoms with Crippen molar-refractivity contribution in [1.29, 1.82) is 5.26 Å². The number of nitrogens with zero attached hydrogens (tertiary/aromatic N) is 4. The number of carbonyl (C=O) groups is 1. The zero-order valence-corrected chi connectivity index (χ0v) is 14.5. The fraction of sp³-hybridized carbons (Fsp3) is 0.444. The second-order valence-corrected chi connectivity index (χ2v) is 6.87. The molecule has 0 unspecified atom stereocenters. The van der Waals surface area contributed by atoms with Gasteiger partial charge in [-0.3, -0.25) is 4.79 Å². The molecule has 1 fully saturated rings. The maximum Gasteiger partial charge on any atom is 0.269 e. The quantitative estimate of drug-likeness (QED) is 0.645. The van der Waals surface area contributed by atoms with Gasteiger partial charge in [0, 0.05) is 31.0 Å². The Bertz CT molecular complexity index is 988. The number of likely N-dealkylation sites (tertiary alicyclic amines) is 1. The molecule has 4 rings (SSSR count). The number of primary amides is 1. The first-order chi connectivity index (χ1) is 12.7. The number of rotatable bonds is 5. The van der Waals surface area contributed by atoms with Crippen LogP contribution < -0.4 is 5.73 Å². The fourth-order valence-electron chi connectivity index (χ4n) is 3.77. The summed E-state index contributed by atoms with van der Waals surface area (Å²) in [5.74, 6) is 0.849. The lowest BCUT2D eigenvalue weighted by molar-refractivity contribution is 0.0997. The Morgan fingerprint density at radius 1 is 1.38 bits per heavy atom. The Kier molecular flexibility index (Phi) is 4.31. The van der Waals surface area contributed by atoms with Crippen molar-refractivity contribution in [3.63, 3.8) is 0 Å². The van der Waals surface area contributed by atoms with Crippen LogP contribution in [0.5, 0.6) is 0 Å². The monoisotopic (exact) mass is 351 g/mol. The summed E-state index contributed by atoms with van der Waals surface area (Å²) < 4.78 is 0. The smallest absolute Gasteiger partial charge is 0.269 e. The van der Waals surface area contributed by atoms with Crippen LogP contribution in [0.15, 0.2) is 12.3 Å². The van der Waals surface area contributed by atoms with Gasteiger partial charge >= 0.3 is 0 Å². The van der Waals surface area contributed by atoms with E-state index in [9.17, 15) is 4.79 Å². The number of imidazole rings is 1. The minimum atomic E-state index is -0.562. The Labute approximate surface area is 150 Å². The molecule has 0 bridgehead atoms. The van der Waals surface area contributed by atoms with Gasteiger partial charge in [-0.25, -0.2) is 9.97 Å². The van der Waals surface area contributed by atoms with Gasteiger partial charge in [-0.05, 0) is 37.9 Å². The SMILES string of the molecule is N#CCCN1CCC(Cc2nc3c([nH]2)c(C(N)=O)nc2[nH]ccc23)CC1. The second kappa shape index (κ2) is 6.77. The predicted octanol–water partition coefficient (Wildman–Crippen LogP) is 1.71. The summed E-state index contributed by atoms with van der Waals surface area (Å²) in [5.41, 5.74) is 7.70. The molecule has 134 valence electrons. The van der Waals surface area contributed by atoms with Gasteiger partial charge in [0.25, 0.3) is 5.91 Å². The van der Waals surface area contributed by atoms with Crippen LogP contribution >= 0.6 is 0 Å². The number of hydrogen-bond donors (Lipinski definition) is 3. The third kappa shape index (κ3) is 3.02. The second-order valence-electron chi connectivity index (χ2n) is 6.87. The van der Waals surface area contributed by atoms with Crippen LogP contribution in [0.25, 0.3) is 22.1 Å². The molecule has 1 aliphatic heterocycles. The van der Waals surface area contributed by atoms with Crippen LogP contribution in [0.3, 0.4) is 0 Å². The highest BCUT2D eigenvalue weighted by Crippen LogP contribution is 2.26. The highest BCUT2D eigenvalue weighted by Gasteiger charge is 2.22. The van der Waals surface area contributed by atoms with Gasteiger partial charge < -0.3 is 20.6 Å². The first kappa shape index (κ1) is 16.5. The average molecular weight is 351 g/mol. The molecule has 1 saturated heterocycles. The summed E-state index contributed by atoms with van der Waals surface area (Å²) in [6.45, 7) is 2.89. The highest BCUT2D eigenvalue weighted by atomic mass is 16.1. The van der Waals surface area contributed by atoms with Crippen molar-refractivity contribution in [3.8, 4) is 6.07 Å². The van der Waals surface area contributed by atoms with Gasteiger partial charge in [0.2, 0.25) is 0 Å². The topological polar surface area (TPSA) is 127 Å². The van der Waals surface area contributed by atoms with Crippen LogP contribution in [-0.2, 0) is 6.42 Å². The first-order valence-corrected chi connectivity index (χ1v) is 8.90. The lowest BCUT2D eigenvalue weighted by atomic mass is 9.93. The molecule has 8 nitrogen and oxygen atoms in total. The lowest BCUT2D eigenvalue weighted by Crippen LogP contribution is -2.35. The zero-order chi connectivity index (χ0) is 18.1. The third-order valence-corrected chi connectivity index (χ3v) is 5.16. The summed E-state index contributed by atoms with van der Waals surface area (Å²) in [6.07, 6.45) is 5.38. The summed E-state index contributed by atoms with van der Waals surface area (Å²) in [7, 11) is 0. The Balaban J connectivity index is 1.56. The number of pyridine rings is 1. The van der Waals surface area contributed by atoms with E-state index in [0.29, 0.717) is 23.5 Å². The molecule has 0 aliphatic carbocycles. The van der Waals surface area contributed by atoms with E-state index >= 15 is 0 Å². The summed E-state index contributed by atoms with van der Waals surface area (Å²) in [4.78, 5) is 29.5. The number of hydrogen-bond acceptors (Lipinski definition) is 5. The van der Waals surface area contributed by atoms with Gasteiger partial charge in [0.15, 0.2) is 5.69 Å². The molecule has 0 aromatic carbocycles. The summed E-state index contributed by atoms with van der Waals surface area (Å²) >= 11 is 0. The molecule has 0 spiro atoms. The third-order valence-electron chi connectivity index (χ3n) is 5.16. The van der Waals surface area contributed by atoms with Gasteiger partial charge in [-0.1, -0.05) is 0 Å². The average Bonchev–Trinajstić information content (AvgIpc) is 3.26. The number of aromatic nitrogens is 4. The van der Waals surface area contributed by atoms with Crippen LogP contribution in [0.4, 0.5) is 0 Å². The molecule has 8 heteroatoms. The maximum atomic E-state index is 11.8. The molecule has 0 radical (unpaired) electrons. The maximum absolute atomic E-state index is 11.8. The van der Waals surface area contributed by atoms with Crippen LogP contribution in [0.1, 0.15) is 35.6 Å². The van der Waals surface area contributed by atoms with Crippen LogP contribution in [-0.4, -0.2) is 50.4 Å². The number of piperidine rings is 1. The Morgan fingerprint density at radius 2 is 2.19 bits per heavy atom. The number of nitrogens with one attached hydrogen (secondary N) is 2. The van der Waals surface area contributed by atoms with Crippen molar-refractivity contribution in [2.75, 3.05) is 19.6 Å². The largest absolute Gasteiger partial charge is 0.364 e. The molecule has 1 amide bonds. The van der Waals surface area contributed by atoms with E-state index in [4.69, 9.17) is 16.0 Å². The molecule has 26 heavy (non-hydrogen) atoms. The lowest BCUT2D eigenvalue weighted by Gasteiger charge is -2.30.